The van der Waals surface area contributed by atoms with Gasteiger partial charge in [0.25, 0.3) is 5.91 Å². The fourth-order valence-corrected chi connectivity index (χ4v) is 3.19. The van der Waals surface area contributed by atoms with Crippen LogP contribution >= 0.6 is 0 Å². The first-order chi connectivity index (χ1) is 13.3. The molecule has 1 saturated heterocycles. The fraction of sp³-hybridized carbons (Fsp3) is 0.318. The lowest BCUT2D eigenvalue weighted by Gasteiger charge is -2.22. The van der Waals surface area contributed by atoms with E-state index in [-0.39, 0.29) is 6.54 Å². The van der Waals surface area contributed by atoms with E-state index in [9.17, 15) is 14.4 Å². The van der Waals surface area contributed by atoms with Crippen LogP contribution in [0.4, 0.5) is 4.79 Å². The Morgan fingerprint density at radius 1 is 0.964 bits per heavy atom. The number of benzene rings is 2. The highest BCUT2D eigenvalue weighted by Crippen LogP contribution is 2.32. The van der Waals surface area contributed by atoms with Gasteiger partial charge in [-0.2, -0.15) is 0 Å². The third-order valence-electron chi connectivity index (χ3n) is 4.31. The Hall–Kier alpha value is -3.15. The van der Waals surface area contributed by atoms with Gasteiger partial charge in [-0.05, 0) is 31.9 Å². The van der Waals surface area contributed by atoms with Gasteiger partial charge in [0.15, 0.2) is 0 Å². The molecule has 3 amide bonds. The van der Waals surface area contributed by atoms with Gasteiger partial charge >= 0.3 is 12.0 Å². The summed E-state index contributed by atoms with van der Waals surface area (Å²) in [7, 11) is 0. The maximum atomic E-state index is 13.1. The summed E-state index contributed by atoms with van der Waals surface area (Å²) in [6.07, 6.45) is 0. The Bertz CT molecular complexity index is 859. The van der Waals surface area contributed by atoms with E-state index in [1.807, 2.05) is 60.7 Å². The minimum absolute atomic E-state index is 0.274. The Morgan fingerprint density at radius 2 is 1.54 bits per heavy atom. The third kappa shape index (κ3) is 4.39. The number of hydrogen-bond donors (Lipinski definition) is 0. The number of esters is 1. The van der Waals surface area contributed by atoms with E-state index >= 15 is 0 Å². The van der Waals surface area contributed by atoms with Crippen molar-refractivity contribution in [3.05, 3.63) is 71.8 Å². The number of ether oxygens (including phenoxy) is 1. The molecule has 2 aromatic carbocycles. The number of rotatable bonds is 5. The van der Waals surface area contributed by atoms with Crippen molar-refractivity contribution in [2.45, 2.75) is 39.0 Å². The van der Waals surface area contributed by atoms with Crippen molar-refractivity contribution < 1.29 is 19.1 Å². The number of carbonyl (C=O) groups is 3. The normalized spacial score (nSPS) is 17.2. The van der Waals surface area contributed by atoms with Gasteiger partial charge in [-0.25, -0.2) is 4.79 Å². The van der Waals surface area contributed by atoms with Crippen LogP contribution in [-0.2, 0) is 20.9 Å². The summed E-state index contributed by atoms with van der Waals surface area (Å²) in [4.78, 5) is 40.8. The first kappa shape index (κ1) is 19.6. The molecule has 0 bridgehead atoms. The summed E-state index contributed by atoms with van der Waals surface area (Å²) in [6, 6.07) is 17.3. The zero-order valence-electron chi connectivity index (χ0n) is 16.3. The van der Waals surface area contributed by atoms with Crippen molar-refractivity contribution in [1.29, 1.82) is 0 Å². The van der Waals surface area contributed by atoms with Gasteiger partial charge in [0.2, 0.25) is 0 Å². The van der Waals surface area contributed by atoms with Crippen molar-refractivity contribution >= 4 is 17.9 Å². The quantitative estimate of drug-likeness (QED) is 0.588. The van der Waals surface area contributed by atoms with E-state index in [2.05, 4.69) is 0 Å². The zero-order chi connectivity index (χ0) is 20.3. The number of hydrogen-bond acceptors (Lipinski definition) is 4. The molecule has 1 atom stereocenters. The van der Waals surface area contributed by atoms with Gasteiger partial charge < -0.3 is 9.64 Å². The predicted molar refractivity (Wildman–Crippen MR) is 104 cm³/mol. The Morgan fingerprint density at radius 3 is 2.11 bits per heavy atom. The van der Waals surface area contributed by atoms with Crippen LogP contribution in [0.3, 0.4) is 0 Å². The van der Waals surface area contributed by atoms with E-state index in [0.29, 0.717) is 5.56 Å². The lowest BCUT2D eigenvalue weighted by atomic mass is 10.1. The summed E-state index contributed by atoms with van der Waals surface area (Å²) in [6.45, 7) is 5.10. The largest absolute Gasteiger partial charge is 0.459 e. The summed E-state index contributed by atoms with van der Waals surface area (Å²) in [5.41, 5.74) is 0.929. The smallest absolute Gasteiger partial charge is 0.328 e. The molecule has 1 fully saturated rings. The van der Waals surface area contributed by atoms with Crippen LogP contribution in [0.15, 0.2) is 60.7 Å². The van der Waals surface area contributed by atoms with E-state index < -0.39 is 36.1 Å². The number of nitrogens with zero attached hydrogens (tertiary/aromatic N) is 2. The molecule has 0 aliphatic carbocycles. The average Bonchev–Trinajstić information content (AvgIpc) is 2.86. The van der Waals surface area contributed by atoms with Crippen molar-refractivity contribution in [2.24, 2.45) is 0 Å². The zero-order valence-corrected chi connectivity index (χ0v) is 16.3. The molecular weight excluding hydrogens is 356 g/mol. The van der Waals surface area contributed by atoms with Crippen molar-refractivity contribution in [3.8, 4) is 0 Å². The van der Waals surface area contributed by atoms with E-state index in [0.717, 1.165) is 10.5 Å². The topological polar surface area (TPSA) is 66.9 Å². The molecule has 2 aromatic rings. The van der Waals surface area contributed by atoms with Crippen LogP contribution < -0.4 is 0 Å². The Labute approximate surface area is 164 Å². The van der Waals surface area contributed by atoms with E-state index in [4.69, 9.17) is 4.74 Å². The van der Waals surface area contributed by atoms with Crippen LogP contribution in [-0.4, -0.2) is 39.9 Å². The van der Waals surface area contributed by atoms with E-state index in [1.165, 1.54) is 4.90 Å². The average molecular weight is 380 g/mol. The highest BCUT2D eigenvalue weighted by atomic mass is 16.6. The molecule has 6 nitrogen and oxygen atoms in total. The molecule has 0 radical (unpaired) electrons. The summed E-state index contributed by atoms with van der Waals surface area (Å²) in [5, 5.41) is 0. The second kappa shape index (κ2) is 7.84. The summed E-state index contributed by atoms with van der Waals surface area (Å²) < 4.78 is 5.29. The maximum absolute atomic E-state index is 13.1. The van der Waals surface area contributed by atoms with Crippen LogP contribution in [0.25, 0.3) is 0 Å². The lowest BCUT2D eigenvalue weighted by Crippen LogP contribution is -2.39. The van der Waals surface area contributed by atoms with Gasteiger partial charge in [-0.15, -0.1) is 0 Å². The van der Waals surface area contributed by atoms with Gasteiger partial charge in [0.1, 0.15) is 18.2 Å². The first-order valence-corrected chi connectivity index (χ1v) is 9.19. The molecule has 146 valence electrons. The Balaban J connectivity index is 1.88. The van der Waals surface area contributed by atoms with Gasteiger partial charge in [0.05, 0.1) is 0 Å². The molecule has 0 N–H and O–H groups in total. The van der Waals surface area contributed by atoms with Crippen molar-refractivity contribution in [3.63, 3.8) is 0 Å². The van der Waals surface area contributed by atoms with Crippen LogP contribution in [0.1, 0.15) is 37.9 Å². The third-order valence-corrected chi connectivity index (χ3v) is 4.31. The number of carbonyl (C=O) groups excluding carboxylic acids is 3. The Kier molecular flexibility index (Phi) is 5.49. The predicted octanol–water partition coefficient (Wildman–Crippen LogP) is 3.53. The lowest BCUT2D eigenvalue weighted by molar-refractivity contribution is -0.157. The monoisotopic (exact) mass is 380 g/mol. The van der Waals surface area contributed by atoms with Gasteiger partial charge in [-0.3, -0.25) is 14.5 Å². The molecule has 6 heteroatoms. The van der Waals surface area contributed by atoms with Crippen LogP contribution in [0.2, 0.25) is 0 Å². The molecule has 1 aliphatic rings. The molecule has 0 spiro atoms. The van der Waals surface area contributed by atoms with Crippen LogP contribution in [0.5, 0.6) is 0 Å². The molecule has 1 heterocycles. The van der Waals surface area contributed by atoms with Crippen LogP contribution in [0, 0.1) is 0 Å². The van der Waals surface area contributed by atoms with Gasteiger partial charge in [-0.1, -0.05) is 60.7 Å². The summed E-state index contributed by atoms with van der Waals surface area (Å²) in [5.74, 6) is -1.03. The highest BCUT2D eigenvalue weighted by molar-refractivity contribution is 6.06. The molecule has 0 saturated carbocycles. The van der Waals surface area contributed by atoms with E-state index in [1.54, 1.807) is 20.8 Å². The van der Waals surface area contributed by atoms with Crippen molar-refractivity contribution in [2.75, 3.05) is 6.54 Å². The maximum Gasteiger partial charge on any atom is 0.328 e. The SMILES string of the molecule is CC(C)(C)OC(=O)CN1C(=O)C(c2ccccc2)N(Cc2ccccc2)C1=O. The molecule has 0 aromatic heterocycles. The molecule has 3 rings (SSSR count). The molecule has 1 unspecified atom stereocenters. The second-order valence-electron chi connectivity index (χ2n) is 7.72. The first-order valence-electron chi connectivity index (χ1n) is 9.19. The minimum atomic E-state index is -0.767. The highest BCUT2D eigenvalue weighted by Gasteiger charge is 2.46. The number of amides is 3. The molecule has 28 heavy (non-hydrogen) atoms. The number of urea groups is 1. The molecular formula is C22H24N2O4. The number of imide groups is 1. The standard InChI is InChI=1S/C22H24N2O4/c1-22(2,3)28-18(25)15-24-20(26)19(17-12-8-5-9-13-17)23(21(24)27)14-16-10-6-4-7-11-16/h4-13,19H,14-15H2,1-3H3. The second-order valence-corrected chi connectivity index (χ2v) is 7.72. The van der Waals surface area contributed by atoms with Gasteiger partial charge in [0, 0.05) is 6.54 Å². The summed E-state index contributed by atoms with van der Waals surface area (Å²) >= 11 is 0. The minimum Gasteiger partial charge on any atom is -0.459 e. The molecule has 1 aliphatic heterocycles. The fourth-order valence-electron chi connectivity index (χ4n) is 3.19. The van der Waals surface area contributed by atoms with Crippen molar-refractivity contribution in [1.82, 2.24) is 9.80 Å².